The summed E-state index contributed by atoms with van der Waals surface area (Å²) < 4.78 is 34.3. The van der Waals surface area contributed by atoms with E-state index in [1.165, 1.54) is 6.92 Å². The van der Waals surface area contributed by atoms with Crippen molar-refractivity contribution >= 4 is 52.5 Å². The SMILES string of the molecule is CCS(=O)(=O)O[C@@H](C(Cl)(Cl)Cl)P(=O)(O)O. The maximum Gasteiger partial charge on any atom is 0.360 e. The summed E-state index contributed by atoms with van der Waals surface area (Å²) in [6.45, 7) is 1.21. The van der Waals surface area contributed by atoms with Gasteiger partial charge in [-0.1, -0.05) is 34.8 Å². The summed E-state index contributed by atoms with van der Waals surface area (Å²) in [5.41, 5.74) is 0. The molecule has 0 saturated heterocycles. The molecule has 6 nitrogen and oxygen atoms in total. The van der Waals surface area contributed by atoms with E-state index in [2.05, 4.69) is 4.18 Å². The van der Waals surface area contributed by atoms with Gasteiger partial charge in [-0.15, -0.1) is 0 Å². The van der Waals surface area contributed by atoms with Crippen molar-refractivity contribution < 1.29 is 27.0 Å². The Morgan fingerprint density at radius 1 is 1.40 bits per heavy atom. The van der Waals surface area contributed by atoms with Crippen LogP contribution in [0.5, 0.6) is 0 Å². The predicted molar refractivity (Wildman–Crippen MR) is 56.7 cm³/mol. The Morgan fingerprint density at radius 3 is 2.00 bits per heavy atom. The molecule has 0 aliphatic heterocycles. The molecule has 0 rings (SSSR count). The molecule has 0 bridgehead atoms. The molecule has 0 aliphatic carbocycles. The third-order valence-corrected chi connectivity index (χ3v) is 4.67. The zero-order chi connectivity index (χ0) is 12.5. The second-order valence-corrected chi connectivity index (χ2v) is 8.33. The van der Waals surface area contributed by atoms with Crippen LogP contribution in [-0.2, 0) is 18.9 Å². The van der Waals surface area contributed by atoms with Crippen LogP contribution in [-0.4, -0.2) is 33.6 Å². The molecule has 0 aromatic heterocycles. The molecule has 0 spiro atoms. The molecular formula is C4H8Cl3O6PS. The van der Waals surface area contributed by atoms with Gasteiger partial charge in [0.2, 0.25) is 9.64 Å². The van der Waals surface area contributed by atoms with Crippen molar-refractivity contribution in [3.63, 3.8) is 0 Å². The van der Waals surface area contributed by atoms with Crippen LogP contribution < -0.4 is 0 Å². The number of hydrogen-bond donors (Lipinski definition) is 2. The monoisotopic (exact) mass is 320 g/mol. The first-order chi connectivity index (χ1) is 6.40. The van der Waals surface area contributed by atoms with Gasteiger partial charge in [0.05, 0.1) is 5.75 Å². The fourth-order valence-corrected chi connectivity index (χ4v) is 3.73. The van der Waals surface area contributed by atoms with E-state index >= 15 is 0 Å². The van der Waals surface area contributed by atoms with E-state index in [0.717, 1.165) is 0 Å². The molecule has 0 heterocycles. The molecule has 0 saturated carbocycles. The third kappa shape index (κ3) is 5.70. The molecule has 0 amide bonds. The van der Waals surface area contributed by atoms with Crippen LogP contribution in [0.3, 0.4) is 0 Å². The highest BCUT2D eigenvalue weighted by atomic mass is 35.6. The highest BCUT2D eigenvalue weighted by Gasteiger charge is 2.48. The quantitative estimate of drug-likeness (QED) is 0.459. The van der Waals surface area contributed by atoms with Gasteiger partial charge in [-0.05, 0) is 6.92 Å². The molecule has 0 aromatic carbocycles. The van der Waals surface area contributed by atoms with Crippen molar-refractivity contribution in [3.05, 3.63) is 0 Å². The molecule has 2 N–H and O–H groups in total. The number of rotatable bonds is 4. The van der Waals surface area contributed by atoms with E-state index in [-0.39, 0.29) is 0 Å². The van der Waals surface area contributed by atoms with E-state index in [0.29, 0.717) is 0 Å². The Balaban J connectivity index is 5.11. The van der Waals surface area contributed by atoms with Gasteiger partial charge in [0.25, 0.3) is 10.1 Å². The molecule has 0 unspecified atom stereocenters. The summed E-state index contributed by atoms with van der Waals surface area (Å²) in [6.07, 6.45) is 0. The van der Waals surface area contributed by atoms with Crippen LogP contribution in [0, 0.1) is 0 Å². The highest BCUT2D eigenvalue weighted by Crippen LogP contribution is 2.53. The first-order valence-electron chi connectivity index (χ1n) is 3.43. The van der Waals surface area contributed by atoms with Crippen molar-refractivity contribution in [1.82, 2.24) is 0 Å². The van der Waals surface area contributed by atoms with Crippen LogP contribution in [0.1, 0.15) is 6.92 Å². The zero-order valence-corrected chi connectivity index (χ0v) is 11.3. The van der Waals surface area contributed by atoms with Crippen LogP contribution >= 0.6 is 42.4 Å². The van der Waals surface area contributed by atoms with Crippen molar-refractivity contribution in [2.75, 3.05) is 5.75 Å². The number of alkyl halides is 3. The minimum atomic E-state index is -5.00. The summed E-state index contributed by atoms with van der Waals surface area (Å²) >= 11 is 15.6. The minimum Gasteiger partial charge on any atom is -0.322 e. The van der Waals surface area contributed by atoms with E-state index in [4.69, 9.17) is 44.6 Å². The Hall–Kier alpha value is 0.930. The molecule has 0 aromatic rings. The molecule has 0 fully saturated rings. The van der Waals surface area contributed by atoms with E-state index in [1.807, 2.05) is 0 Å². The van der Waals surface area contributed by atoms with Crippen LogP contribution in [0.4, 0.5) is 0 Å². The lowest BCUT2D eigenvalue weighted by Crippen LogP contribution is -2.31. The van der Waals surface area contributed by atoms with Gasteiger partial charge < -0.3 is 9.79 Å². The fourth-order valence-electron chi connectivity index (χ4n) is 0.508. The lowest BCUT2D eigenvalue weighted by molar-refractivity contribution is 0.231. The van der Waals surface area contributed by atoms with Crippen LogP contribution in [0.15, 0.2) is 0 Å². The van der Waals surface area contributed by atoms with Gasteiger partial charge >= 0.3 is 7.60 Å². The Morgan fingerprint density at radius 2 is 1.80 bits per heavy atom. The molecule has 0 radical (unpaired) electrons. The normalized spacial score (nSPS) is 16.4. The van der Waals surface area contributed by atoms with Gasteiger partial charge in [0.15, 0.2) is 0 Å². The summed E-state index contributed by atoms with van der Waals surface area (Å²) in [7, 11) is -9.13. The fraction of sp³-hybridized carbons (Fsp3) is 1.00. The lowest BCUT2D eigenvalue weighted by Gasteiger charge is -2.24. The van der Waals surface area contributed by atoms with Gasteiger partial charge in [-0.25, -0.2) is 4.18 Å². The average Bonchev–Trinajstić information content (AvgIpc) is 1.96. The highest BCUT2D eigenvalue weighted by molar-refractivity contribution is 7.86. The second kappa shape index (κ2) is 5.06. The average molecular weight is 322 g/mol. The van der Waals surface area contributed by atoms with Crippen molar-refractivity contribution in [2.45, 2.75) is 16.6 Å². The van der Waals surface area contributed by atoms with Crippen LogP contribution in [0.25, 0.3) is 0 Å². The number of hydrogen-bond acceptors (Lipinski definition) is 4. The van der Waals surface area contributed by atoms with Gasteiger partial charge in [0, 0.05) is 0 Å². The second-order valence-electron chi connectivity index (χ2n) is 2.43. The maximum atomic E-state index is 11.0. The minimum absolute atomic E-state index is 0.496. The molecule has 1 atom stereocenters. The van der Waals surface area contributed by atoms with E-state index in [1.54, 1.807) is 0 Å². The van der Waals surface area contributed by atoms with E-state index in [9.17, 15) is 13.0 Å². The van der Waals surface area contributed by atoms with Gasteiger partial charge in [0.1, 0.15) is 0 Å². The summed E-state index contributed by atoms with van der Waals surface area (Å²) in [6, 6.07) is 0. The smallest absolute Gasteiger partial charge is 0.322 e. The Kier molecular flexibility index (Phi) is 5.37. The molecule has 11 heteroatoms. The topological polar surface area (TPSA) is 101 Å². The maximum absolute atomic E-state index is 11.0. The molecular weight excluding hydrogens is 313 g/mol. The standard InChI is InChI=1S/C4H8Cl3O6PS/c1-2-15(11,12)13-3(4(5,6)7)14(8,9)10/h3H,2H2,1H3,(H2,8,9,10)/t3-/m1/s1. The molecule has 15 heavy (non-hydrogen) atoms. The Bertz CT molecular complexity index is 355. The van der Waals surface area contributed by atoms with Gasteiger partial charge in [-0.2, -0.15) is 8.42 Å². The third-order valence-electron chi connectivity index (χ3n) is 1.18. The molecule has 92 valence electrons. The summed E-state index contributed by atoms with van der Waals surface area (Å²) in [4.78, 5) is 17.5. The van der Waals surface area contributed by atoms with Crippen LogP contribution in [0.2, 0.25) is 0 Å². The molecule has 0 aliphatic rings. The number of halogens is 3. The first kappa shape index (κ1) is 15.9. The van der Waals surface area contributed by atoms with Crippen molar-refractivity contribution in [2.24, 2.45) is 0 Å². The zero-order valence-electron chi connectivity index (χ0n) is 7.30. The lowest BCUT2D eigenvalue weighted by atomic mass is 10.8. The largest absolute Gasteiger partial charge is 0.360 e. The van der Waals surface area contributed by atoms with Crippen molar-refractivity contribution in [3.8, 4) is 0 Å². The predicted octanol–water partition coefficient (Wildman–Crippen LogP) is 1.23. The first-order valence-corrected chi connectivity index (χ1v) is 7.82. The van der Waals surface area contributed by atoms with Crippen molar-refractivity contribution in [1.29, 1.82) is 0 Å². The van der Waals surface area contributed by atoms with E-state index < -0.39 is 33.1 Å². The summed E-state index contributed by atoms with van der Waals surface area (Å²) in [5.74, 6) is -2.84. The Labute approximate surface area is 102 Å². The van der Waals surface area contributed by atoms with Gasteiger partial charge in [-0.3, -0.25) is 4.57 Å². The summed E-state index contributed by atoms with van der Waals surface area (Å²) in [5, 5.41) is 0.